The van der Waals surface area contributed by atoms with Crippen LogP contribution in [0.2, 0.25) is 0 Å². The third kappa shape index (κ3) is 4.65. The van der Waals surface area contributed by atoms with Crippen LogP contribution in [0.15, 0.2) is 35.2 Å². The molecule has 2 atom stereocenters. The smallest absolute Gasteiger partial charge is 0.265 e. The molecule has 0 radical (unpaired) electrons. The van der Waals surface area contributed by atoms with Crippen LogP contribution in [0.25, 0.3) is 0 Å². The molecule has 34 heavy (non-hydrogen) atoms. The molecule has 2 N–H and O–H groups in total. The lowest BCUT2D eigenvalue weighted by Crippen LogP contribution is -2.44. The number of sulfonamides is 1. The topological polar surface area (TPSA) is 105 Å². The Kier molecular flexibility index (Phi) is 6.64. The number of hydrogen-bond acceptors (Lipinski definition) is 5. The number of piperidine rings is 1. The van der Waals surface area contributed by atoms with Crippen LogP contribution < -0.4 is 15.4 Å². The van der Waals surface area contributed by atoms with E-state index < -0.39 is 22.0 Å². The maximum absolute atomic E-state index is 13.5. The molecule has 8 nitrogen and oxygen atoms in total. The second-order valence-electron chi connectivity index (χ2n) is 8.77. The van der Waals surface area contributed by atoms with Crippen LogP contribution in [0.4, 0.5) is 15.8 Å². The predicted molar refractivity (Wildman–Crippen MR) is 126 cm³/mol. The summed E-state index contributed by atoms with van der Waals surface area (Å²) in [6.07, 6.45) is 0.865. The SMILES string of the molecule is CC[C@@H]1Oc2cc(S(=O)(=O)N3CCC[C@H](C(=O)Nc4ccc(F)cc4C)C3)c(C)cc2NC1=O. The molecule has 1 saturated heterocycles. The average Bonchev–Trinajstić information content (AvgIpc) is 2.80. The summed E-state index contributed by atoms with van der Waals surface area (Å²) < 4.78 is 47.5. The van der Waals surface area contributed by atoms with Gasteiger partial charge in [-0.25, -0.2) is 12.8 Å². The Hall–Kier alpha value is -2.98. The third-order valence-corrected chi connectivity index (χ3v) is 8.29. The summed E-state index contributed by atoms with van der Waals surface area (Å²) in [5.74, 6) is -1.17. The van der Waals surface area contributed by atoms with E-state index in [1.54, 1.807) is 19.9 Å². The van der Waals surface area contributed by atoms with Gasteiger partial charge in [-0.05, 0) is 68.5 Å². The van der Waals surface area contributed by atoms with Crippen LogP contribution in [-0.4, -0.2) is 43.7 Å². The zero-order valence-corrected chi connectivity index (χ0v) is 20.2. The Morgan fingerprint density at radius 3 is 2.71 bits per heavy atom. The van der Waals surface area contributed by atoms with Gasteiger partial charge in [-0.3, -0.25) is 9.59 Å². The van der Waals surface area contributed by atoms with Gasteiger partial charge in [0, 0.05) is 24.8 Å². The standard InChI is InChI=1S/C24H28FN3O5S/c1-4-20-24(30)27-19-11-15(3)22(12-21(19)33-20)34(31,32)28-9-5-6-16(13-28)23(29)26-18-8-7-17(25)10-14(18)2/h7-8,10-12,16,20H,4-6,9,13H2,1-3H3,(H,26,29)(H,27,30)/t16-,20-/m0/s1. The van der Waals surface area contributed by atoms with Gasteiger partial charge in [0.25, 0.3) is 5.91 Å². The highest BCUT2D eigenvalue weighted by Crippen LogP contribution is 2.36. The zero-order chi connectivity index (χ0) is 24.6. The Bertz CT molecular complexity index is 1250. The lowest BCUT2D eigenvalue weighted by molar-refractivity contribution is -0.123. The number of hydrogen-bond donors (Lipinski definition) is 2. The van der Waals surface area contributed by atoms with Crippen molar-refractivity contribution >= 4 is 33.2 Å². The second kappa shape index (κ2) is 9.34. The summed E-state index contributed by atoms with van der Waals surface area (Å²) >= 11 is 0. The first-order chi connectivity index (χ1) is 16.1. The van der Waals surface area contributed by atoms with E-state index in [0.717, 1.165) is 0 Å². The van der Waals surface area contributed by atoms with Crippen LogP contribution in [-0.2, 0) is 19.6 Å². The normalized spacial score (nSPS) is 20.8. The van der Waals surface area contributed by atoms with Crippen molar-refractivity contribution < 1.29 is 27.1 Å². The van der Waals surface area contributed by atoms with Gasteiger partial charge in [0.15, 0.2) is 6.10 Å². The lowest BCUT2D eigenvalue weighted by atomic mass is 9.98. The van der Waals surface area contributed by atoms with Crippen LogP contribution in [0, 0.1) is 25.6 Å². The molecule has 0 bridgehead atoms. The molecule has 2 aliphatic rings. The minimum Gasteiger partial charge on any atom is -0.478 e. The predicted octanol–water partition coefficient (Wildman–Crippen LogP) is 3.59. The molecular formula is C24H28FN3O5S. The fourth-order valence-corrected chi connectivity index (χ4v) is 6.09. The van der Waals surface area contributed by atoms with E-state index in [9.17, 15) is 22.4 Å². The molecular weight excluding hydrogens is 461 g/mol. The fraction of sp³-hybridized carbons (Fsp3) is 0.417. The number of halogens is 1. The van der Waals surface area contributed by atoms with Crippen molar-refractivity contribution in [2.24, 2.45) is 5.92 Å². The van der Waals surface area contributed by atoms with Crippen LogP contribution >= 0.6 is 0 Å². The Morgan fingerprint density at radius 2 is 2.00 bits per heavy atom. The highest BCUT2D eigenvalue weighted by Gasteiger charge is 2.36. The summed E-state index contributed by atoms with van der Waals surface area (Å²) in [7, 11) is -3.91. The van der Waals surface area contributed by atoms with Gasteiger partial charge >= 0.3 is 0 Å². The van der Waals surface area contributed by atoms with Crippen molar-refractivity contribution in [2.75, 3.05) is 23.7 Å². The number of benzene rings is 2. The van der Waals surface area contributed by atoms with Gasteiger partial charge in [0.1, 0.15) is 11.6 Å². The van der Waals surface area contributed by atoms with Crippen molar-refractivity contribution in [3.8, 4) is 5.75 Å². The molecule has 2 aromatic rings. The average molecular weight is 490 g/mol. The molecule has 0 aliphatic carbocycles. The summed E-state index contributed by atoms with van der Waals surface area (Å²) in [4.78, 5) is 25.1. The van der Waals surface area contributed by atoms with Crippen molar-refractivity contribution in [1.29, 1.82) is 0 Å². The maximum Gasteiger partial charge on any atom is 0.265 e. The first kappa shape index (κ1) is 24.2. The van der Waals surface area contributed by atoms with Crippen LogP contribution in [0.3, 0.4) is 0 Å². The number of anilines is 2. The molecule has 10 heteroatoms. The molecule has 2 amide bonds. The molecule has 0 spiro atoms. The van der Waals surface area contributed by atoms with Gasteiger partial charge in [-0.15, -0.1) is 0 Å². The van der Waals surface area contributed by atoms with Crippen LogP contribution in [0.1, 0.15) is 37.3 Å². The third-order valence-electron chi connectivity index (χ3n) is 6.29. The molecule has 2 heterocycles. The van der Waals surface area contributed by atoms with Gasteiger partial charge in [0.05, 0.1) is 16.5 Å². The molecule has 1 fully saturated rings. The summed E-state index contributed by atoms with van der Waals surface area (Å²) in [5, 5.41) is 5.56. The number of carbonyl (C=O) groups excluding carboxylic acids is 2. The Balaban J connectivity index is 1.55. The van der Waals surface area contributed by atoms with Gasteiger partial charge < -0.3 is 15.4 Å². The Labute approximate surface area is 198 Å². The minimum atomic E-state index is -3.91. The number of nitrogens with one attached hydrogen (secondary N) is 2. The molecule has 0 unspecified atom stereocenters. The zero-order valence-electron chi connectivity index (χ0n) is 19.4. The van der Waals surface area contributed by atoms with Crippen LogP contribution in [0.5, 0.6) is 5.75 Å². The largest absolute Gasteiger partial charge is 0.478 e. The monoisotopic (exact) mass is 489 g/mol. The first-order valence-corrected chi connectivity index (χ1v) is 12.7. The van der Waals surface area contributed by atoms with E-state index in [0.29, 0.717) is 54.1 Å². The van der Waals surface area contributed by atoms with E-state index in [4.69, 9.17) is 4.74 Å². The number of rotatable bonds is 5. The molecule has 0 saturated carbocycles. The van der Waals surface area contributed by atoms with E-state index >= 15 is 0 Å². The van der Waals surface area contributed by atoms with E-state index in [-0.39, 0.29) is 29.1 Å². The number of nitrogens with zero attached hydrogens (tertiary/aromatic N) is 1. The van der Waals surface area contributed by atoms with Gasteiger partial charge in [-0.1, -0.05) is 6.92 Å². The second-order valence-corrected chi connectivity index (χ2v) is 10.7. The van der Waals surface area contributed by atoms with Crippen molar-refractivity contribution in [1.82, 2.24) is 4.31 Å². The van der Waals surface area contributed by atoms with Crippen molar-refractivity contribution in [3.63, 3.8) is 0 Å². The lowest BCUT2D eigenvalue weighted by Gasteiger charge is -2.32. The molecule has 0 aromatic heterocycles. The van der Waals surface area contributed by atoms with Gasteiger partial charge in [-0.2, -0.15) is 4.31 Å². The first-order valence-electron chi connectivity index (χ1n) is 11.3. The van der Waals surface area contributed by atoms with Crippen molar-refractivity contribution in [3.05, 3.63) is 47.3 Å². The van der Waals surface area contributed by atoms with E-state index in [1.165, 1.54) is 28.6 Å². The summed E-state index contributed by atoms with van der Waals surface area (Å²) in [6, 6.07) is 7.15. The number of fused-ring (bicyclic) bond motifs is 1. The molecule has 2 aromatic carbocycles. The fourth-order valence-electron chi connectivity index (χ4n) is 4.35. The molecule has 2 aliphatic heterocycles. The van der Waals surface area contributed by atoms with Gasteiger partial charge in [0.2, 0.25) is 15.9 Å². The maximum atomic E-state index is 13.5. The summed E-state index contributed by atoms with van der Waals surface area (Å²) in [5.41, 5.74) is 2.01. The van der Waals surface area contributed by atoms with E-state index in [1.807, 2.05) is 6.92 Å². The highest BCUT2D eigenvalue weighted by atomic mass is 32.2. The highest BCUT2D eigenvalue weighted by molar-refractivity contribution is 7.89. The van der Waals surface area contributed by atoms with E-state index in [2.05, 4.69) is 10.6 Å². The number of carbonyl (C=O) groups is 2. The number of ether oxygens (including phenoxy) is 1. The Morgan fingerprint density at radius 1 is 1.24 bits per heavy atom. The summed E-state index contributed by atoms with van der Waals surface area (Å²) in [6.45, 7) is 5.51. The minimum absolute atomic E-state index is 0.0418. The number of amides is 2. The molecule has 182 valence electrons. The van der Waals surface area contributed by atoms with Crippen molar-refractivity contribution in [2.45, 2.75) is 51.0 Å². The molecule has 4 rings (SSSR count). The number of aryl methyl sites for hydroxylation is 2. The quantitative estimate of drug-likeness (QED) is 0.668.